The molecule has 0 bridgehead atoms. The van der Waals surface area contributed by atoms with E-state index in [2.05, 4.69) is 5.32 Å². The first-order valence-corrected chi connectivity index (χ1v) is 6.77. The molecule has 1 unspecified atom stereocenters. The van der Waals surface area contributed by atoms with Crippen LogP contribution in [0.3, 0.4) is 0 Å². The quantitative estimate of drug-likeness (QED) is 0.869. The molecule has 1 amide bonds. The van der Waals surface area contributed by atoms with E-state index in [9.17, 15) is 9.59 Å². The Morgan fingerprint density at radius 3 is 2.40 bits per heavy atom. The van der Waals surface area contributed by atoms with Crippen molar-refractivity contribution in [1.29, 1.82) is 0 Å². The normalized spacial score (nSPS) is 13.9. The molecule has 0 aliphatic heterocycles. The van der Waals surface area contributed by atoms with Crippen LogP contribution >= 0.6 is 0 Å². The number of aliphatic carboxylic acids is 1. The first kappa shape index (κ1) is 16.2. The number of carbonyl (C=O) groups is 2. The van der Waals surface area contributed by atoms with E-state index in [1.54, 1.807) is 6.92 Å². The summed E-state index contributed by atoms with van der Waals surface area (Å²) >= 11 is 0. The average Bonchev–Trinajstić information content (AvgIpc) is 2.30. The Morgan fingerprint density at radius 2 is 1.90 bits per heavy atom. The van der Waals surface area contributed by atoms with Gasteiger partial charge in [0, 0.05) is 5.56 Å². The Morgan fingerprint density at radius 1 is 1.30 bits per heavy atom. The largest absolute Gasteiger partial charge is 0.481 e. The molecule has 2 N–H and O–H groups in total. The number of hydrogen-bond acceptors (Lipinski definition) is 2. The highest BCUT2D eigenvalue weighted by atomic mass is 16.4. The molecule has 0 saturated heterocycles. The fraction of sp³-hybridized carbons (Fsp3) is 0.500. The highest BCUT2D eigenvalue weighted by Crippen LogP contribution is 2.22. The van der Waals surface area contributed by atoms with E-state index >= 15 is 0 Å². The lowest BCUT2D eigenvalue weighted by molar-refractivity contribution is -0.138. The van der Waals surface area contributed by atoms with Gasteiger partial charge in [-0.3, -0.25) is 9.59 Å². The van der Waals surface area contributed by atoms with E-state index in [0.717, 1.165) is 11.1 Å². The fourth-order valence-electron chi connectivity index (χ4n) is 2.01. The lowest BCUT2D eigenvalue weighted by atomic mass is 9.84. The molecule has 0 saturated carbocycles. The zero-order chi connectivity index (χ0) is 15.5. The maximum atomic E-state index is 12.4. The van der Waals surface area contributed by atoms with Crippen LogP contribution in [0.5, 0.6) is 0 Å². The molecule has 1 aromatic carbocycles. The number of aryl methyl sites for hydroxylation is 2. The molecule has 0 aromatic heterocycles. The van der Waals surface area contributed by atoms with Gasteiger partial charge in [0.25, 0.3) is 5.91 Å². The van der Waals surface area contributed by atoms with Crippen LogP contribution in [0.4, 0.5) is 0 Å². The summed E-state index contributed by atoms with van der Waals surface area (Å²) < 4.78 is 0. The molecule has 0 fully saturated rings. The molecular formula is C16H23NO3. The minimum atomic E-state index is -0.914. The van der Waals surface area contributed by atoms with E-state index in [4.69, 9.17) is 5.11 Å². The molecule has 110 valence electrons. The molecule has 0 aliphatic carbocycles. The molecule has 0 heterocycles. The molecule has 0 spiro atoms. The van der Waals surface area contributed by atoms with Gasteiger partial charge in [-0.15, -0.1) is 0 Å². The number of nitrogens with one attached hydrogen (secondary N) is 1. The maximum absolute atomic E-state index is 12.4. The minimum Gasteiger partial charge on any atom is -0.481 e. The Labute approximate surface area is 120 Å². The lowest BCUT2D eigenvalue weighted by Crippen LogP contribution is -2.51. The number of benzene rings is 1. The molecule has 4 heteroatoms. The zero-order valence-corrected chi connectivity index (χ0v) is 12.8. The van der Waals surface area contributed by atoms with Crippen LogP contribution in [-0.4, -0.2) is 22.5 Å². The van der Waals surface area contributed by atoms with Crippen LogP contribution in [0.15, 0.2) is 18.2 Å². The van der Waals surface area contributed by atoms with E-state index in [1.165, 1.54) is 0 Å². The summed E-state index contributed by atoms with van der Waals surface area (Å²) in [5.41, 5.74) is 1.72. The summed E-state index contributed by atoms with van der Waals surface area (Å²) in [6.45, 7) is 9.39. The molecule has 1 rings (SSSR count). The number of hydrogen-bond donors (Lipinski definition) is 2. The molecule has 1 aromatic rings. The van der Waals surface area contributed by atoms with Crippen LogP contribution in [0.25, 0.3) is 0 Å². The number of carbonyl (C=O) groups excluding carboxylic acids is 1. The summed E-state index contributed by atoms with van der Waals surface area (Å²) in [5.74, 6) is -1.11. The standard InChI is InChI=1S/C16H23NO3/c1-10(2)16(5,9-14(18)19)17-15(20)13-8-11(3)6-7-12(13)4/h6-8,10H,9H2,1-5H3,(H,17,20)(H,18,19). The van der Waals surface area contributed by atoms with Crippen molar-refractivity contribution >= 4 is 11.9 Å². The van der Waals surface area contributed by atoms with Crippen LogP contribution in [0, 0.1) is 19.8 Å². The van der Waals surface area contributed by atoms with Crippen molar-refractivity contribution in [1.82, 2.24) is 5.32 Å². The van der Waals surface area contributed by atoms with E-state index < -0.39 is 11.5 Å². The van der Waals surface area contributed by atoms with Gasteiger partial charge in [0.2, 0.25) is 0 Å². The van der Waals surface area contributed by atoms with Crippen LogP contribution < -0.4 is 5.32 Å². The van der Waals surface area contributed by atoms with E-state index in [0.29, 0.717) is 5.56 Å². The molecule has 0 aliphatic rings. The van der Waals surface area contributed by atoms with E-state index in [-0.39, 0.29) is 18.2 Å². The van der Waals surface area contributed by atoms with Crippen molar-refractivity contribution in [3.05, 3.63) is 34.9 Å². The average molecular weight is 277 g/mol. The molecule has 4 nitrogen and oxygen atoms in total. The predicted octanol–water partition coefficient (Wildman–Crippen LogP) is 2.92. The van der Waals surface area contributed by atoms with Gasteiger partial charge < -0.3 is 10.4 Å². The SMILES string of the molecule is Cc1ccc(C)c(C(=O)NC(C)(CC(=O)O)C(C)C)c1. The molecular weight excluding hydrogens is 254 g/mol. The smallest absolute Gasteiger partial charge is 0.305 e. The summed E-state index contributed by atoms with van der Waals surface area (Å²) in [6.07, 6.45) is -0.0960. The van der Waals surface area contributed by atoms with Crippen molar-refractivity contribution in [3.63, 3.8) is 0 Å². The Hall–Kier alpha value is -1.84. The highest BCUT2D eigenvalue weighted by molar-refractivity contribution is 5.96. The van der Waals surface area contributed by atoms with Crippen molar-refractivity contribution in [3.8, 4) is 0 Å². The summed E-state index contributed by atoms with van der Waals surface area (Å²) in [4.78, 5) is 23.4. The molecule has 0 radical (unpaired) electrons. The zero-order valence-electron chi connectivity index (χ0n) is 12.8. The summed E-state index contributed by atoms with van der Waals surface area (Å²) in [5, 5.41) is 11.9. The highest BCUT2D eigenvalue weighted by Gasteiger charge is 2.33. The van der Waals surface area contributed by atoms with Gasteiger partial charge in [-0.05, 0) is 38.3 Å². The van der Waals surface area contributed by atoms with Gasteiger partial charge >= 0.3 is 5.97 Å². The van der Waals surface area contributed by atoms with Gasteiger partial charge in [0.1, 0.15) is 0 Å². The van der Waals surface area contributed by atoms with Crippen LogP contribution in [0.1, 0.15) is 48.7 Å². The fourth-order valence-corrected chi connectivity index (χ4v) is 2.01. The van der Waals surface area contributed by atoms with Crippen molar-refractivity contribution in [2.75, 3.05) is 0 Å². The topological polar surface area (TPSA) is 66.4 Å². The number of carboxylic acids is 1. The first-order chi connectivity index (χ1) is 9.15. The van der Waals surface area contributed by atoms with Crippen molar-refractivity contribution in [2.24, 2.45) is 5.92 Å². The number of carboxylic acid groups (broad SMARTS) is 1. The monoisotopic (exact) mass is 277 g/mol. The van der Waals surface area contributed by atoms with Crippen LogP contribution in [0.2, 0.25) is 0 Å². The third kappa shape index (κ3) is 3.83. The summed E-state index contributed by atoms with van der Waals surface area (Å²) in [7, 11) is 0. The van der Waals surface area contributed by atoms with Gasteiger partial charge in [-0.2, -0.15) is 0 Å². The Kier molecular flexibility index (Phi) is 4.93. The number of rotatable bonds is 5. The van der Waals surface area contributed by atoms with Crippen molar-refractivity contribution in [2.45, 2.75) is 46.6 Å². The summed E-state index contributed by atoms with van der Waals surface area (Å²) in [6, 6.07) is 5.67. The maximum Gasteiger partial charge on any atom is 0.305 e. The second kappa shape index (κ2) is 6.07. The van der Waals surface area contributed by atoms with Gasteiger partial charge in [0.05, 0.1) is 12.0 Å². The van der Waals surface area contributed by atoms with Gasteiger partial charge in [0.15, 0.2) is 0 Å². The second-order valence-corrected chi connectivity index (χ2v) is 5.92. The Bertz CT molecular complexity index is 522. The van der Waals surface area contributed by atoms with Crippen molar-refractivity contribution < 1.29 is 14.7 Å². The third-order valence-electron chi connectivity index (χ3n) is 3.83. The second-order valence-electron chi connectivity index (χ2n) is 5.92. The third-order valence-corrected chi connectivity index (χ3v) is 3.83. The minimum absolute atomic E-state index is 0.0210. The van der Waals surface area contributed by atoms with Gasteiger partial charge in [-0.1, -0.05) is 31.5 Å². The molecule has 1 atom stereocenters. The van der Waals surface area contributed by atoms with Gasteiger partial charge in [-0.25, -0.2) is 0 Å². The van der Waals surface area contributed by atoms with E-state index in [1.807, 2.05) is 45.9 Å². The van der Waals surface area contributed by atoms with Crippen LogP contribution in [-0.2, 0) is 4.79 Å². The molecule has 20 heavy (non-hydrogen) atoms. The Balaban J connectivity index is 3.02. The first-order valence-electron chi connectivity index (χ1n) is 6.77. The number of amides is 1. The predicted molar refractivity (Wildman–Crippen MR) is 78.9 cm³/mol. The lowest BCUT2D eigenvalue weighted by Gasteiger charge is -2.33.